The lowest BCUT2D eigenvalue weighted by Crippen LogP contribution is -2.51. The van der Waals surface area contributed by atoms with Gasteiger partial charge in [-0.1, -0.05) is 18.5 Å². The Hall–Kier alpha value is -1.35. The molecule has 9 heteroatoms. The fourth-order valence-electron chi connectivity index (χ4n) is 2.82. The summed E-state index contributed by atoms with van der Waals surface area (Å²) in [4.78, 5) is 16.4. The molecule has 2 rings (SSSR count). The summed E-state index contributed by atoms with van der Waals surface area (Å²) in [7, 11) is -2.50. The van der Waals surface area contributed by atoms with E-state index in [4.69, 9.17) is 16.3 Å². The van der Waals surface area contributed by atoms with E-state index in [0.29, 0.717) is 24.7 Å². The SMILES string of the molecule is CCOc1ccc(Cl)cc1S(=O)(=O)N(C)CC(=O)N1CCN(CC)CC1. The molecule has 7 nitrogen and oxygen atoms in total. The highest BCUT2D eigenvalue weighted by Crippen LogP contribution is 2.29. The predicted molar refractivity (Wildman–Crippen MR) is 101 cm³/mol. The topological polar surface area (TPSA) is 70.2 Å². The number of sulfonamides is 1. The second-order valence-corrected chi connectivity index (χ2v) is 8.55. The maximum absolute atomic E-state index is 12.9. The van der Waals surface area contributed by atoms with Gasteiger partial charge in [0.2, 0.25) is 15.9 Å². The van der Waals surface area contributed by atoms with Crippen LogP contribution in [0, 0.1) is 0 Å². The fourth-order valence-corrected chi connectivity index (χ4v) is 4.33. The molecular weight excluding hydrogens is 378 g/mol. The lowest BCUT2D eigenvalue weighted by Gasteiger charge is -2.34. The lowest BCUT2D eigenvalue weighted by atomic mass is 10.3. The number of halogens is 1. The quantitative estimate of drug-likeness (QED) is 0.690. The molecule has 0 atom stereocenters. The van der Waals surface area contributed by atoms with E-state index in [1.165, 1.54) is 19.2 Å². The number of hydrogen-bond donors (Lipinski definition) is 0. The third-order valence-corrected chi connectivity index (χ3v) is 6.48. The minimum Gasteiger partial charge on any atom is -0.492 e. The largest absolute Gasteiger partial charge is 0.492 e. The number of likely N-dealkylation sites (N-methyl/N-ethyl adjacent to an activating group) is 2. The average Bonchev–Trinajstić information content (AvgIpc) is 2.63. The molecule has 26 heavy (non-hydrogen) atoms. The van der Waals surface area contributed by atoms with E-state index in [0.717, 1.165) is 23.9 Å². The number of amides is 1. The van der Waals surface area contributed by atoms with Gasteiger partial charge in [0.25, 0.3) is 0 Å². The summed E-state index contributed by atoms with van der Waals surface area (Å²) in [6, 6.07) is 4.45. The lowest BCUT2D eigenvalue weighted by molar-refractivity contribution is -0.132. The van der Waals surface area contributed by atoms with E-state index in [1.807, 2.05) is 0 Å². The van der Waals surface area contributed by atoms with Crippen LogP contribution in [0.2, 0.25) is 5.02 Å². The van der Waals surface area contributed by atoms with Gasteiger partial charge in [-0.25, -0.2) is 8.42 Å². The van der Waals surface area contributed by atoms with Crippen LogP contribution < -0.4 is 4.74 Å². The smallest absolute Gasteiger partial charge is 0.247 e. The van der Waals surface area contributed by atoms with Crippen LogP contribution in [0.5, 0.6) is 5.75 Å². The van der Waals surface area contributed by atoms with Crippen LogP contribution in [-0.2, 0) is 14.8 Å². The summed E-state index contributed by atoms with van der Waals surface area (Å²) < 4.78 is 32.3. The zero-order valence-corrected chi connectivity index (χ0v) is 17.0. The molecule has 1 aromatic rings. The number of rotatable bonds is 7. The van der Waals surface area contributed by atoms with Crippen molar-refractivity contribution >= 4 is 27.5 Å². The fraction of sp³-hybridized carbons (Fsp3) is 0.588. The zero-order chi connectivity index (χ0) is 19.3. The van der Waals surface area contributed by atoms with Gasteiger partial charge in [0.15, 0.2) is 0 Å². The van der Waals surface area contributed by atoms with Crippen LogP contribution in [0.4, 0.5) is 0 Å². The van der Waals surface area contributed by atoms with Crippen LogP contribution in [0.25, 0.3) is 0 Å². The van der Waals surface area contributed by atoms with Crippen molar-refractivity contribution in [3.8, 4) is 5.75 Å². The van der Waals surface area contributed by atoms with Crippen molar-refractivity contribution in [2.75, 3.05) is 52.9 Å². The second-order valence-electron chi connectivity index (χ2n) is 6.10. The van der Waals surface area contributed by atoms with E-state index < -0.39 is 10.0 Å². The van der Waals surface area contributed by atoms with E-state index in [9.17, 15) is 13.2 Å². The summed E-state index contributed by atoms with van der Waals surface area (Å²) in [6.07, 6.45) is 0. The summed E-state index contributed by atoms with van der Waals surface area (Å²) in [5.74, 6) is 0.0274. The monoisotopic (exact) mass is 403 g/mol. The highest BCUT2D eigenvalue weighted by molar-refractivity contribution is 7.89. The molecule has 0 aromatic heterocycles. The summed E-state index contributed by atoms with van der Waals surface area (Å²) in [5.41, 5.74) is 0. The first kappa shape index (κ1) is 21.0. The predicted octanol–water partition coefficient (Wildman–Crippen LogP) is 1.52. The van der Waals surface area contributed by atoms with Crippen molar-refractivity contribution in [2.45, 2.75) is 18.7 Å². The van der Waals surface area contributed by atoms with E-state index >= 15 is 0 Å². The Morgan fingerprint density at radius 1 is 1.23 bits per heavy atom. The van der Waals surface area contributed by atoms with Crippen molar-refractivity contribution in [3.05, 3.63) is 23.2 Å². The van der Waals surface area contributed by atoms with Crippen molar-refractivity contribution in [1.29, 1.82) is 0 Å². The van der Waals surface area contributed by atoms with Gasteiger partial charge in [-0.15, -0.1) is 0 Å². The molecule has 1 saturated heterocycles. The molecule has 1 aliphatic rings. The van der Waals surface area contributed by atoms with Gasteiger partial charge in [-0.2, -0.15) is 4.31 Å². The molecule has 1 fully saturated rings. The van der Waals surface area contributed by atoms with Gasteiger partial charge in [0.05, 0.1) is 13.2 Å². The molecule has 1 amide bonds. The number of benzene rings is 1. The van der Waals surface area contributed by atoms with Crippen LogP contribution >= 0.6 is 11.6 Å². The van der Waals surface area contributed by atoms with Crippen LogP contribution in [-0.4, -0.2) is 81.4 Å². The van der Waals surface area contributed by atoms with Crippen LogP contribution in [0.1, 0.15) is 13.8 Å². The Kier molecular flexibility index (Phi) is 7.28. The Morgan fingerprint density at radius 3 is 2.46 bits per heavy atom. The highest BCUT2D eigenvalue weighted by atomic mass is 35.5. The van der Waals surface area contributed by atoms with Gasteiger partial charge >= 0.3 is 0 Å². The van der Waals surface area contributed by atoms with Crippen LogP contribution in [0.15, 0.2) is 23.1 Å². The molecule has 1 aromatic carbocycles. The average molecular weight is 404 g/mol. The third kappa shape index (κ3) is 4.88. The second kappa shape index (κ2) is 9.03. The number of nitrogens with zero attached hydrogens (tertiary/aromatic N) is 3. The van der Waals surface area contributed by atoms with Gasteiger partial charge in [-0.05, 0) is 31.7 Å². The van der Waals surface area contributed by atoms with Gasteiger partial charge in [0.1, 0.15) is 10.6 Å². The first-order valence-corrected chi connectivity index (χ1v) is 10.5. The number of carbonyl (C=O) groups is 1. The first-order chi connectivity index (χ1) is 12.3. The number of carbonyl (C=O) groups excluding carboxylic acids is 1. The third-order valence-electron chi connectivity index (χ3n) is 4.42. The molecule has 0 radical (unpaired) electrons. The molecule has 0 bridgehead atoms. The van der Waals surface area contributed by atoms with Crippen molar-refractivity contribution in [2.24, 2.45) is 0 Å². The minimum absolute atomic E-state index is 0.0297. The first-order valence-electron chi connectivity index (χ1n) is 8.68. The van der Waals surface area contributed by atoms with Crippen LogP contribution in [0.3, 0.4) is 0 Å². The Labute approximate surface area is 160 Å². The Bertz CT molecular complexity index is 734. The highest BCUT2D eigenvalue weighted by Gasteiger charge is 2.29. The molecule has 0 unspecified atom stereocenters. The molecule has 0 saturated carbocycles. The molecular formula is C17H26ClN3O4S. The molecule has 0 N–H and O–H groups in total. The maximum Gasteiger partial charge on any atom is 0.247 e. The molecule has 146 valence electrons. The van der Waals surface area contributed by atoms with Gasteiger partial charge < -0.3 is 14.5 Å². The van der Waals surface area contributed by atoms with Gasteiger partial charge in [0, 0.05) is 38.2 Å². The zero-order valence-electron chi connectivity index (χ0n) is 15.4. The molecule has 1 aliphatic heterocycles. The Balaban J connectivity index is 2.12. The molecule has 0 spiro atoms. The standard InChI is InChI=1S/C17H26ClN3O4S/c1-4-20-8-10-21(11-9-20)17(22)13-19(3)26(23,24)16-12-14(18)6-7-15(16)25-5-2/h6-7,12H,4-5,8-11,13H2,1-3H3. The molecule has 1 heterocycles. The number of piperazine rings is 1. The Morgan fingerprint density at radius 2 is 1.88 bits per heavy atom. The number of hydrogen-bond acceptors (Lipinski definition) is 5. The van der Waals surface area contributed by atoms with Crippen molar-refractivity contribution in [1.82, 2.24) is 14.1 Å². The van der Waals surface area contributed by atoms with Gasteiger partial charge in [-0.3, -0.25) is 4.79 Å². The van der Waals surface area contributed by atoms with Crippen molar-refractivity contribution < 1.29 is 17.9 Å². The number of ether oxygens (including phenoxy) is 1. The summed E-state index contributed by atoms with van der Waals surface area (Å²) in [5, 5.41) is 0.294. The summed E-state index contributed by atoms with van der Waals surface area (Å²) >= 11 is 5.96. The molecule has 0 aliphatic carbocycles. The van der Waals surface area contributed by atoms with Crippen molar-refractivity contribution in [3.63, 3.8) is 0 Å². The van der Waals surface area contributed by atoms with E-state index in [2.05, 4.69) is 11.8 Å². The normalized spacial score (nSPS) is 16.1. The minimum atomic E-state index is -3.90. The van der Waals surface area contributed by atoms with E-state index in [1.54, 1.807) is 17.9 Å². The summed E-state index contributed by atoms with van der Waals surface area (Å²) in [6.45, 7) is 7.76. The van der Waals surface area contributed by atoms with E-state index in [-0.39, 0.29) is 23.1 Å². The maximum atomic E-state index is 12.9.